The Labute approximate surface area is 149 Å². The number of hydrogen-bond acceptors (Lipinski definition) is 4. The minimum absolute atomic E-state index is 0.00739. The smallest absolute Gasteiger partial charge is 0.224 e. The zero-order valence-electron chi connectivity index (χ0n) is 14.8. The Morgan fingerprint density at radius 1 is 1.24 bits per heavy atom. The molecule has 3 rings (SSSR count). The van der Waals surface area contributed by atoms with Gasteiger partial charge in [-0.1, -0.05) is 12.1 Å². The molecule has 6 nitrogen and oxygen atoms in total. The predicted molar refractivity (Wildman–Crippen MR) is 95.7 cm³/mol. The second-order valence-electron chi connectivity index (χ2n) is 7.06. The van der Waals surface area contributed by atoms with Gasteiger partial charge in [0.1, 0.15) is 5.75 Å². The molecule has 2 fully saturated rings. The summed E-state index contributed by atoms with van der Waals surface area (Å²) in [5, 5.41) is 3.17. The van der Waals surface area contributed by atoms with Crippen LogP contribution in [0.15, 0.2) is 24.3 Å². The maximum atomic E-state index is 12.8. The molecule has 1 aliphatic heterocycles. The second-order valence-corrected chi connectivity index (χ2v) is 9.04. The van der Waals surface area contributed by atoms with E-state index < -0.39 is 10.0 Å². The van der Waals surface area contributed by atoms with Gasteiger partial charge in [-0.3, -0.25) is 4.79 Å². The first-order valence-corrected chi connectivity index (χ1v) is 10.6. The monoisotopic (exact) mass is 366 g/mol. The SMILES string of the molecule is COc1ccc(C(NC(=O)C2CCCN(S(C)(=O)=O)C2)C2CC2)cc1. The Hall–Kier alpha value is -1.60. The van der Waals surface area contributed by atoms with Gasteiger partial charge in [-0.15, -0.1) is 0 Å². The van der Waals surface area contributed by atoms with Gasteiger partial charge in [-0.25, -0.2) is 12.7 Å². The summed E-state index contributed by atoms with van der Waals surface area (Å²) in [7, 11) is -1.61. The summed E-state index contributed by atoms with van der Waals surface area (Å²) in [6, 6.07) is 7.79. The van der Waals surface area contributed by atoms with Crippen molar-refractivity contribution in [2.24, 2.45) is 11.8 Å². The Balaban J connectivity index is 1.68. The summed E-state index contributed by atoms with van der Waals surface area (Å²) in [6.45, 7) is 0.789. The van der Waals surface area contributed by atoms with Crippen LogP contribution in [0.5, 0.6) is 5.75 Å². The van der Waals surface area contributed by atoms with Crippen LogP contribution in [0.25, 0.3) is 0 Å². The number of hydrogen-bond donors (Lipinski definition) is 1. The number of rotatable bonds is 6. The highest BCUT2D eigenvalue weighted by Crippen LogP contribution is 2.41. The van der Waals surface area contributed by atoms with Crippen molar-refractivity contribution in [3.05, 3.63) is 29.8 Å². The average Bonchev–Trinajstić information content (AvgIpc) is 3.44. The molecule has 1 aromatic rings. The predicted octanol–water partition coefficient (Wildman–Crippen LogP) is 1.93. The molecule has 0 bridgehead atoms. The fourth-order valence-electron chi connectivity index (χ4n) is 3.44. The van der Waals surface area contributed by atoms with E-state index in [1.807, 2.05) is 24.3 Å². The van der Waals surface area contributed by atoms with Gasteiger partial charge in [0.2, 0.25) is 15.9 Å². The summed E-state index contributed by atoms with van der Waals surface area (Å²) >= 11 is 0. The van der Waals surface area contributed by atoms with Gasteiger partial charge >= 0.3 is 0 Å². The highest BCUT2D eigenvalue weighted by molar-refractivity contribution is 7.88. The number of methoxy groups -OCH3 is 1. The first-order valence-electron chi connectivity index (χ1n) is 8.78. The molecule has 1 amide bonds. The maximum absolute atomic E-state index is 12.8. The highest BCUT2D eigenvalue weighted by Gasteiger charge is 2.36. The fourth-order valence-corrected chi connectivity index (χ4v) is 4.35. The summed E-state index contributed by atoms with van der Waals surface area (Å²) in [5.74, 6) is 0.941. The molecule has 0 radical (unpaired) electrons. The normalized spacial score (nSPS) is 23.0. The molecule has 2 aliphatic rings. The van der Waals surface area contributed by atoms with Gasteiger partial charge in [0.15, 0.2) is 0 Å². The lowest BCUT2D eigenvalue weighted by atomic mass is 9.96. The van der Waals surface area contributed by atoms with E-state index in [9.17, 15) is 13.2 Å². The van der Waals surface area contributed by atoms with Gasteiger partial charge in [-0.2, -0.15) is 0 Å². The van der Waals surface area contributed by atoms with Crippen molar-refractivity contribution in [1.82, 2.24) is 9.62 Å². The van der Waals surface area contributed by atoms with Crippen molar-refractivity contribution in [2.45, 2.75) is 31.7 Å². The molecule has 1 saturated carbocycles. The maximum Gasteiger partial charge on any atom is 0.224 e. The molecule has 138 valence electrons. The van der Waals surface area contributed by atoms with Crippen LogP contribution in [0, 0.1) is 11.8 Å². The summed E-state index contributed by atoms with van der Waals surface area (Å²) in [6.07, 6.45) is 4.88. The number of carbonyl (C=O) groups excluding carboxylic acids is 1. The molecule has 2 unspecified atom stereocenters. The van der Waals surface area contributed by atoms with E-state index >= 15 is 0 Å². The fraction of sp³-hybridized carbons (Fsp3) is 0.611. The van der Waals surface area contributed by atoms with E-state index in [1.165, 1.54) is 10.6 Å². The third-order valence-corrected chi connectivity index (χ3v) is 6.36. The molecule has 1 N–H and O–H groups in total. The van der Waals surface area contributed by atoms with Gasteiger partial charge < -0.3 is 10.1 Å². The average molecular weight is 366 g/mol. The lowest BCUT2D eigenvalue weighted by Gasteiger charge is -2.31. The molecule has 0 spiro atoms. The van der Waals surface area contributed by atoms with Gasteiger partial charge in [0, 0.05) is 13.1 Å². The van der Waals surface area contributed by atoms with Crippen LogP contribution in [-0.4, -0.2) is 45.1 Å². The van der Waals surface area contributed by atoms with E-state index in [0.29, 0.717) is 12.5 Å². The van der Waals surface area contributed by atoms with Crippen LogP contribution >= 0.6 is 0 Å². The van der Waals surface area contributed by atoms with Crippen LogP contribution in [-0.2, 0) is 14.8 Å². The number of carbonyl (C=O) groups is 1. The first-order chi connectivity index (χ1) is 11.9. The molecular weight excluding hydrogens is 340 g/mol. The van der Waals surface area contributed by atoms with E-state index in [-0.39, 0.29) is 24.4 Å². The van der Waals surface area contributed by atoms with Crippen molar-refractivity contribution >= 4 is 15.9 Å². The quantitative estimate of drug-likeness (QED) is 0.835. The van der Waals surface area contributed by atoms with Crippen LogP contribution < -0.4 is 10.1 Å². The van der Waals surface area contributed by atoms with Crippen molar-refractivity contribution in [3.63, 3.8) is 0 Å². The molecule has 1 heterocycles. The number of sulfonamides is 1. The topological polar surface area (TPSA) is 75.7 Å². The third-order valence-electron chi connectivity index (χ3n) is 5.09. The lowest BCUT2D eigenvalue weighted by Crippen LogP contribution is -2.46. The number of nitrogens with one attached hydrogen (secondary N) is 1. The van der Waals surface area contributed by atoms with Gasteiger partial charge in [-0.05, 0) is 49.3 Å². The lowest BCUT2D eigenvalue weighted by molar-refractivity contribution is -0.127. The standard InChI is InChI=1S/C18H26N2O4S/c1-24-16-9-7-14(8-10-16)17(13-5-6-13)19-18(21)15-4-3-11-20(12-15)25(2,22)23/h7-10,13,15,17H,3-6,11-12H2,1-2H3,(H,19,21). The van der Waals surface area contributed by atoms with Crippen LogP contribution in [0.2, 0.25) is 0 Å². The summed E-state index contributed by atoms with van der Waals surface area (Å²) in [4.78, 5) is 12.8. The molecule has 2 atom stereocenters. The zero-order chi connectivity index (χ0) is 18.0. The highest BCUT2D eigenvalue weighted by atomic mass is 32.2. The van der Waals surface area contributed by atoms with Crippen molar-refractivity contribution in [3.8, 4) is 5.75 Å². The van der Waals surface area contributed by atoms with Crippen LogP contribution in [0.4, 0.5) is 0 Å². The van der Waals surface area contributed by atoms with E-state index in [1.54, 1.807) is 7.11 Å². The number of nitrogens with zero attached hydrogens (tertiary/aromatic N) is 1. The van der Waals surface area contributed by atoms with Gasteiger partial charge in [0.25, 0.3) is 0 Å². The largest absolute Gasteiger partial charge is 0.497 e. The first kappa shape index (κ1) is 18.2. The second kappa shape index (κ2) is 7.33. The number of ether oxygens (including phenoxy) is 1. The molecule has 1 aromatic carbocycles. The van der Waals surface area contributed by atoms with E-state index in [2.05, 4.69) is 5.32 Å². The molecule has 7 heteroatoms. The minimum Gasteiger partial charge on any atom is -0.497 e. The Morgan fingerprint density at radius 3 is 2.48 bits per heavy atom. The van der Waals surface area contributed by atoms with Crippen molar-refractivity contribution in [1.29, 1.82) is 0 Å². The van der Waals surface area contributed by atoms with Crippen molar-refractivity contribution < 1.29 is 17.9 Å². The number of benzene rings is 1. The molecular formula is C18H26N2O4S. The Bertz CT molecular complexity index is 713. The molecule has 25 heavy (non-hydrogen) atoms. The molecule has 1 aliphatic carbocycles. The zero-order valence-corrected chi connectivity index (χ0v) is 15.6. The van der Waals surface area contributed by atoms with Crippen molar-refractivity contribution in [2.75, 3.05) is 26.5 Å². The van der Waals surface area contributed by atoms with E-state index in [4.69, 9.17) is 4.74 Å². The summed E-state index contributed by atoms with van der Waals surface area (Å²) < 4.78 is 30.1. The Morgan fingerprint density at radius 2 is 1.92 bits per heavy atom. The number of amides is 1. The van der Waals surface area contributed by atoms with Crippen LogP contribution in [0.1, 0.15) is 37.3 Å². The molecule has 1 saturated heterocycles. The molecule has 0 aromatic heterocycles. The van der Waals surface area contributed by atoms with Crippen LogP contribution in [0.3, 0.4) is 0 Å². The minimum atomic E-state index is -3.25. The van der Waals surface area contributed by atoms with E-state index in [0.717, 1.165) is 37.0 Å². The summed E-state index contributed by atoms with van der Waals surface area (Å²) in [5.41, 5.74) is 1.08. The number of piperidine rings is 1. The Kier molecular flexibility index (Phi) is 5.34. The van der Waals surface area contributed by atoms with Gasteiger partial charge in [0.05, 0.1) is 25.3 Å². The third kappa shape index (κ3) is 4.52.